The number of para-hydroxylation sites is 1. The van der Waals surface area contributed by atoms with Crippen LogP contribution in [0.3, 0.4) is 0 Å². The number of rotatable bonds is 8. The van der Waals surface area contributed by atoms with Crippen molar-refractivity contribution in [1.29, 1.82) is 0 Å². The van der Waals surface area contributed by atoms with Crippen LogP contribution in [-0.4, -0.2) is 34.2 Å². The summed E-state index contributed by atoms with van der Waals surface area (Å²) in [5.41, 5.74) is 2.39. The molecule has 1 N–H and O–H groups in total. The maximum absolute atomic E-state index is 12.6. The Labute approximate surface area is 167 Å². The number of ether oxygens (including phenoxy) is 1. The average molecular weight is 405 g/mol. The number of hydrogen-bond donors (Lipinski definition) is 1. The smallest absolute Gasteiger partial charge is 0.241 e. The molecule has 2 rings (SSSR count). The molecule has 0 aromatic heterocycles. The van der Waals surface area contributed by atoms with Gasteiger partial charge in [-0.3, -0.25) is 9.10 Å². The van der Waals surface area contributed by atoms with Gasteiger partial charge < -0.3 is 10.1 Å². The summed E-state index contributed by atoms with van der Waals surface area (Å²) in [7, 11) is -2.04. The Morgan fingerprint density at radius 1 is 1.07 bits per heavy atom. The van der Waals surface area contributed by atoms with Crippen LogP contribution in [0.25, 0.3) is 0 Å². The molecular weight excluding hydrogens is 376 g/mol. The molecule has 0 bridgehead atoms. The van der Waals surface area contributed by atoms with E-state index < -0.39 is 15.9 Å². The summed E-state index contributed by atoms with van der Waals surface area (Å²) in [6, 6.07) is 14.3. The van der Waals surface area contributed by atoms with Crippen molar-refractivity contribution in [2.45, 2.75) is 32.7 Å². The lowest BCUT2D eigenvalue weighted by Crippen LogP contribution is -2.41. The monoisotopic (exact) mass is 404 g/mol. The van der Waals surface area contributed by atoms with Gasteiger partial charge in [0.25, 0.3) is 0 Å². The molecule has 0 radical (unpaired) electrons. The highest BCUT2D eigenvalue weighted by atomic mass is 32.2. The van der Waals surface area contributed by atoms with Crippen LogP contribution in [0, 0.1) is 0 Å². The Balaban J connectivity index is 2.17. The predicted octanol–water partition coefficient (Wildman–Crippen LogP) is 3.46. The fourth-order valence-corrected chi connectivity index (χ4v) is 3.80. The van der Waals surface area contributed by atoms with E-state index in [1.807, 2.05) is 43.3 Å². The molecule has 0 aliphatic heterocycles. The number of nitrogens with one attached hydrogen (secondary N) is 1. The van der Waals surface area contributed by atoms with Crippen molar-refractivity contribution in [3.05, 3.63) is 59.7 Å². The molecule has 0 heterocycles. The Morgan fingerprint density at radius 3 is 2.21 bits per heavy atom. The Hall–Kier alpha value is -2.54. The Bertz CT molecular complexity index is 908. The second-order valence-electron chi connectivity index (χ2n) is 7.05. The molecule has 0 saturated heterocycles. The lowest BCUT2D eigenvalue weighted by Gasteiger charge is -2.24. The first-order valence-corrected chi connectivity index (χ1v) is 11.0. The molecule has 1 amide bonds. The van der Waals surface area contributed by atoms with Gasteiger partial charge in [-0.2, -0.15) is 0 Å². The lowest BCUT2D eigenvalue weighted by molar-refractivity contribution is -0.120. The van der Waals surface area contributed by atoms with E-state index in [1.54, 1.807) is 19.2 Å². The quantitative estimate of drug-likeness (QED) is 0.731. The summed E-state index contributed by atoms with van der Waals surface area (Å²) in [6.45, 7) is 5.67. The molecule has 6 nitrogen and oxygen atoms in total. The molecule has 0 fully saturated rings. The molecule has 1 atom stereocenters. The van der Waals surface area contributed by atoms with Crippen LogP contribution in [0.1, 0.15) is 43.9 Å². The van der Waals surface area contributed by atoms with Gasteiger partial charge in [0.15, 0.2) is 0 Å². The van der Waals surface area contributed by atoms with Crippen LogP contribution in [0.15, 0.2) is 48.5 Å². The van der Waals surface area contributed by atoms with E-state index in [-0.39, 0.29) is 12.6 Å². The van der Waals surface area contributed by atoms with Crippen molar-refractivity contribution in [1.82, 2.24) is 5.32 Å². The molecule has 2 aromatic carbocycles. The highest BCUT2D eigenvalue weighted by Gasteiger charge is 2.22. The molecule has 0 saturated carbocycles. The van der Waals surface area contributed by atoms with E-state index in [2.05, 4.69) is 19.2 Å². The molecule has 152 valence electrons. The number of amides is 1. The van der Waals surface area contributed by atoms with Gasteiger partial charge in [0, 0.05) is 5.56 Å². The van der Waals surface area contributed by atoms with Crippen LogP contribution in [-0.2, 0) is 14.8 Å². The summed E-state index contributed by atoms with van der Waals surface area (Å²) in [5, 5.41) is 2.85. The van der Waals surface area contributed by atoms with E-state index in [9.17, 15) is 13.2 Å². The largest absolute Gasteiger partial charge is 0.496 e. The summed E-state index contributed by atoms with van der Waals surface area (Å²) in [4.78, 5) is 12.6. The van der Waals surface area contributed by atoms with Gasteiger partial charge in [-0.25, -0.2) is 8.42 Å². The summed E-state index contributed by atoms with van der Waals surface area (Å²) < 4.78 is 31.0. The number of anilines is 1. The topological polar surface area (TPSA) is 75.7 Å². The first-order chi connectivity index (χ1) is 13.1. The van der Waals surface area contributed by atoms with Gasteiger partial charge in [0.2, 0.25) is 15.9 Å². The highest BCUT2D eigenvalue weighted by Crippen LogP contribution is 2.25. The van der Waals surface area contributed by atoms with Crippen molar-refractivity contribution in [2.75, 3.05) is 24.2 Å². The minimum atomic E-state index is -3.61. The van der Waals surface area contributed by atoms with E-state index in [0.29, 0.717) is 17.4 Å². The molecule has 2 aromatic rings. The predicted molar refractivity (Wildman–Crippen MR) is 112 cm³/mol. The third-order valence-corrected chi connectivity index (χ3v) is 5.66. The van der Waals surface area contributed by atoms with Crippen molar-refractivity contribution in [3.8, 4) is 5.75 Å². The molecule has 0 unspecified atom stereocenters. The normalized spacial score (nSPS) is 12.5. The number of nitrogens with zero attached hydrogens (tertiary/aromatic N) is 1. The molecule has 28 heavy (non-hydrogen) atoms. The van der Waals surface area contributed by atoms with E-state index in [0.717, 1.165) is 21.7 Å². The van der Waals surface area contributed by atoms with Gasteiger partial charge >= 0.3 is 0 Å². The van der Waals surface area contributed by atoms with Crippen molar-refractivity contribution in [3.63, 3.8) is 0 Å². The molecule has 0 aliphatic carbocycles. The van der Waals surface area contributed by atoms with Gasteiger partial charge in [-0.1, -0.05) is 44.2 Å². The average Bonchev–Trinajstić information content (AvgIpc) is 2.65. The van der Waals surface area contributed by atoms with E-state index >= 15 is 0 Å². The van der Waals surface area contributed by atoms with Crippen LogP contribution in [0.4, 0.5) is 5.69 Å². The van der Waals surface area contributed by atoms with Gasteiger partial charge in [0.1, 0.15) is 12.3 Å². The fourth-order valence-electron chi connectivity index (χ4n) is 2.94. The highest BCUT2D eigenvalue weighted by molar-refractivity contribution is 7.92. The fraction of sp³-hybridized carbons (Fsp3) is 0.381. The first-order valence-electron chi connectivity index (χ1n) is 9.13. The SMILES string of the molecule is COc1ccccc1[C@@H](C)NC(=O)CN(c1ccc(C(C)C)cc1)S(C)(=O)=O. The third-order valence-electron chi connectivity index (χ3n) is 4.52. The standard InChI is InChI=1S/C21H28N2O4S/c1-15(2)17-10-12-18(13-11-17)23(28(5,25)26)14-21(24)22-16(3)19-8-6-7-9-20(19)27-4/h6-13,15-16H,14H2,1-5H3,(H,22,24)/t16-/m1/s1. The van der Waals surface area contributed by atoms with Crippen molar-refractivity contribution in [2.24, 2.45) is 0 Å². The Kier molecular flexibility index (Phi) is 7.07. The maximum Gasteiger partial charge on any atom is 0.241 e. The minimum Gasteiger partial charge on any atom is -0.496 e. The van der Waals surface area contributed by atoms with Crippen LogP contribution < -0.4 is 14.4 Å². The van der Waals surface area contributed by atoms with E-state index in [4.69, 9.17) is 4.74 Å². The van der Waals surface area contributed by atoms with Gasteiger partial charge in [0.05, 0.1) is 25.1 Å². The molecule has 7 heteroatoms. The summed E-state index contributed by atoms with van der Waals surface area (Å²) in [6.07, 6.45) is 1.10. The lowest BCUT2D eigenvalue weighted by atomic mass is 10.0. The number of sulfonamides is 1. The van der Waals surface area contributed by atoms with Crippen LogP contribution >= 0.6 is 0 Å². The molecule has 0 spiro atoms. The van der Waals surface area contributed by atoms with Crippen LogP contribution in [0.5, 0.6) is 5.75 Å². The maximum atomic E-state index is 12.6. The van der Waals surface area contributed by atoms with Gasteiger partial charge in [-0.05, 0) is 36.6 Å². The minimum absolute atomic E-state index is 0.292. The zero-order chi connectivity index (χ0) is 20.9. The zero-order valence-electron chi connectivity index (χ0n) is 17.0. The number of methoxy groups -OCH3 is 1. The number of carbonyl (C=O) groups excluding carboxylic acids is 1. The number of hydrogen-bond acceptors (Lipinski definition) is 4. The zero-order valence-corrected chi connectivity index (χ0v) is 17.8. The molecular formula is C21H28N2O4S. The second kappa shape index (κ2) is 9.10. The second-order valence-corrected chi connectivity index (χ2v) is 8.95. The summed E-state index contributed by atoms with van der Waals surface area (Å²) >= 11 is 0. The Morgan fingerprint density at radius 2 is 1.68 bits per heavy atom. The number of carbonyl (C=O) groups is 1. The molecule has 0 aliphatic rings. The van der Waals surface area contributed by atoms with Crippen molar-refractivity contribution >= 4 is 21.6 Å². The number of benzene rings is 2. The van der Waals surface area contributed by atoms with Gasteiger partial charge in [-0.15, -0.1) is 0 Å². The third kappa shape index (κ3) is 5.48. The van der Waals surface area contributed by atoms with E-state index in [1.165, 1.54) is 0 Å². The summed E-state index contributed by atoms with van der Waals surface area (Å²) in [5.74, 6) is 0.613. The van der Waals surface area contributed by atoms with Crippen LogP contribution in [0.2, 0.25) is 0 Å². The first kappa shape index (κ1) is 21.8. The van der Waals surface area contributed by atoms with Crippen molar-refractivity contribution < 1.29 is 17.9 Å².